The molecule has 1 N–H and O–H groups in total. The highest BCUT2D eigenvalue weighted by molar-refractivity contribution is 6.33. The van der Waals surface area contributed by atoms with Crippen molar-refractivity contribution in [3.05, 3.63) is 59.4 Å². The molecule has 0 aliphatic heterocycles. The summed E-state index contributed by atoms with van der Waals surface area (Å²) in [6, 6.07) is 11.8. The normalized spacial score (nSPS) is 20.9. The number of aromatic nitrogens is 1. The number of rotatable bonds is 3. The van der Waals surface area contributed by atoms with Gasteiger partial charge in [0.1, 0.15) is 0 Å². The summed E-state index contributed by atoms with van der Waals surface area (Å²) in [4.78, 5) is 16.1. The average Bonchev–Trinajstić information content (AvgIpc) is 3.23. The Kier molecular flexibility index (Phi) is 3.22. The van der Waals surface area contributed by atoms with E-state index >= 15 is 0 Å². The summed E-state index contributed by atoms with van der Waals surface area (Å²) in [7, 11) is 0. The van der Waals surface area contributed by atoms with E-state index in [1.165, 1.54) is 5.56 Å². The van der Waals surface area contributed by atoms with Crippen LogP contribution in [0.15, 0.2) is 48.8 Å². The smallest absolute Gasteiger partial charge is 0.228 e. The van der Waals surface area contributed by atoms with Gasteiger partial charge in [-0.1, -0.05) is 41.9 Å². The molecular formula is C15H13ClN2O. The molecule has 2 atom stereocenters. The number of anilines is 1. The molecule has 3 rings (SSSR count). The molecule has 1 heterocycles. The number of benzene rings is 1. The van der Waals surface area contributed by atoms with Crippen LogP contribution >= 0.6 is 11.6 Å². The van der Waals surface area contributed by atoms with Crippen LogP contribution in [0.25, 0.3) is 0 Å². The fourth-order valence-electron chi connectivity index (χ4n) is 2.25. The van der Waals surface area contributed by atoms with Crippen molar-refractivity contribution >= 4 is 23.2 Å². The molecule has 1 aromatic heterocycles. The minimum atomic E-state index is 0.0174. The van der Waals surface area contributed by atoms with Crippen LogP contribution in [-0.4, -0.2) is 10.9 Å². The molecule has 0 bridgehead atoms. The first-order valence-corrected chi connectivity index (χ1v) is 6.59. The van der Waals surface area contributed by atoms with Crippen molar-refractivity contribution in [2.24, 2.45) is 5.92 Å². The average molecular weight is 273 g/mol. The second-order valence-corrected chi connectivity index (χ2v) is 5.11. The van der Waals surface area contributed by atoms with Crippen LogP contribution in [0.2, 0.25) is 5.02 Å². The summed E-state index contributed by atoms with van der Waals surface area (Å²) in [6.45, 7) is 0. The number of amides is 1. The summed E-state index contributed by atoms with van der Waals surface area (Å²) in [6.07, 6.45) is 4.07. The lowest BCUT2D eigenvalue weighted by Crippen LogP contribution is -2.15. The third kappa shape index (κ3) is 2.61. The number of nitrogens with one attached hydrogen (secondary N) is 1. The lowest BCUT2D eigenvalue weighted by molar-refractivity contribution is -0.117. The van der Waals surface area contributed by atoms with Crippen molar-refractivity contribution in [3.8, 4) is 0 Å². The van der Waals surface area contributed by atoms with Gasteiger partial charge in [0.05, 0.1) is 16.9 Å². The summed E-state index contributed by atoms with van der Waals surface area (Å²) in [5.74, 6) is 0.388. The van der Waals surface area contributed by atoms with Gasteiger partial charge >= 0.3 is 0 Å². The molecule has 1 fully saturated rings. The van der Waals surface area contributed by atoms with E-state index in [4.69, 9.17) is 11.6 Å². The molecule has 3 nitrogen and oxygen atoms in total. The van der Waals surface area contributed by atoms with Crippen molar-refractivity contribution in [1.29, 1.82) is 0 Å². The molecule has 19 heavy (non-hydrogen) atoms. The minimum absolute atomic E-state index is 0.0174. The number of carbonyl (C=O) groups excluding carboxylic acids is 1. The number of nitrogens with zero attached hydrogens (tertiary/aromatic N) is 1. The van der Waals surface area contributed by atoms with Gasteiger partial charge in [-0.05, 0) is 24.0 Å². The maximum atomic E-state index is 12.1. The predicted molar refractivity (Wildman–Crippen MR) is 75.2 cm³/mol. The Bertz CT molecular complexity index is 600. The van der Waals surface area contributed by atoms with Gasteiger partial charge in [0, 0.05) is 12.1 Å². The first kappa shape index (κ1) is 12.2. The van der Waals surface area contributed by atoms with Crippen molar-refractivity contribution in [1.82, 2.24) is 4.98 Å². The second kappa shape index (κ2) is 5.02. The zero-order valence-electron chi connectivity index (χ0n) is 10.2. The molecule has 1 aromatic carbocycles. The van der Waals surface area contributed by atoms with Gasteiger partial charge in [0.15, 0.2) is 0 Å². The van der Waals surface area contributed by atoms with E-state index in [9.17, 15) is 4.79 Å². The number of halogens is 1. The minimum Gasteiger partial charge on any atom is -0.323 e. The van der Waals surface area contributed by atoms with Gasteiger partial charge in [-0.25, -0.2) is 0 Å². The first-order valence-electron chi connectivity index (χ1n) is 6.21. The van der Waals surface area contributed by atoms with Gasteiger partial charge in [-0.2, -0.15) is 0 Å². The molecule has 0 saturated heterocycles. The fraction of sp³-hybridized carbons (Fsp3) is 0.200. The molecule has 1 aliphatic carbocycles. The van der Waals surface area contributed by atoms with Gasteiger partial charge in [-0.15, -0.1) is 0 Å². The van der Waals surface area contributed by atoms with Gasteiger partial charge < -0.3 is 5.32 Å². The topological polar surface area (TPSA) is 42.0 Å². The molecule has 2 unspecified atom stereocenters. The van der Waals surface area contributed by atoms with Crippen LogP contribution in [0.1, 0.15) is 17.9 Å². The van der Waals surface area contributed by atoms with Crippen LogP contribution in [-0.2, 0) is 4.79 Å². The highest BCUT2D eigenvalue weighted by Gasteiger charge is 2.43. The number of carbonyl (C=O) groups is 1. The lowest BCUT2D eigenvalue weighted by atomic mass is 10.1. The maximum Gasteiger partial charge on any atom is 0.228 e. The Morgan fingerprint density at radius 2 is 2.05 bits per heavy atom. The van der Waals surface area contributed by atoms with Crippen molar-refractivity contribution in [2.75, 3.05) is 5.32 Å². The molecular weight excluding hydrogens is 260 g/mol. The van der Waals surface area contributed by atoms with E-state index in [2.05, 4.69) is 22.4 Å². The Morgan fingerprint density at radius 3 is 2.79 bits per heavy atom. The molecule has 4 heteroatoms. The Morgan fingerprint density at radius 1 is 1.26 bits per heavy atom. The number of pyridine rings is 1. The monoisotopic (exact) mass is 272 g/mol. The SMILES string of the molecule is O=C(Nc1cnccc1Cl)C1CC1c1ccccc1. The van der Waals surface area contributed by atoms with Crippen LogP contribution in [0.4, 0.5) is 5.69 Å². The Balaban J connectivity index is 1.66. The Labute approximate surface area is 116 Å². The van der Waals surface area contributed by atoms with Gasteiger partial charge in [0.25, 0.3) is 0 Å². The first-order chi connectivity index (χ1) is 9.25. The lowest BCUT2D eigenvalue weighted by Gasteiger charge is -2.06. The second-order valence-electron chi connectivity index (χ2n) is 4.70. The van der Waals surface area contributed by atoms with E-state index in [0.29, 0.717) is 16.6 Å². The van der Waals surface area contributed by atoms with E-state index in [1.807, 2.05) is 18.2 Å². The van der Waals surface area contributed by atoms with Gasteiger partial charge in [-0.3, -0.25) is 9.78 Å². The standard InChI is InChI=1S/C15H13ClN2O/c16-13-6-7-17-9-14(13)18-15(19)12-8-11(12)10-4-2-1-3-5-10/h1-7,9,11-12H,8H2,(H,18,19). The predicted octanol–water partition coefficient (Wildman–Crippen LogP) is 3.48. The van der Waals surface area contributed by atoms with Gasteiger partial charge in [0.2, 0.25) is 5.91 Å². The van der Waals surface area contributed by atoms with Crippen LogP contribution in [0.3, 0.4) is 0 Å². The number of hydrogen-bond donors (Lipinski definition) is 1. The third-order valence-electron chi connectivity index (χ3n) is 3.38. The third-order valence-corrected chi connectivity index (χ3v) is 3.71. The molecule has 1 aliphatic rings. The highest BCUT2D eigenvalue weighted by atomic mass is 35.5. The Hall–Kier alpha value is -1.87. The highest BCUT2D eigenvalue weighted by Crippen LogP contribution is 2.48. The van der Waals surface area contributed by atoms with E-state index in [0.717, 1.165) is 6.42 Å². The largest absolute Gasteiger partial charge is 0.323 e. The van der Waals surface area contributed by atoms with E-state index < -0.39 is 0 Å². The van der Waals surface area contributed by atoms with Crippen LogP contribution in [0, 0.1) is 5.92 Å². The molecule has 2 aromatic rings. The molecule has 1 saturated carbocycles. The van der Waals surface area contributed by atoms with Crippen LogP contribution in [0.5, 0.6) is 0 Å². The van der Waals surface area contributed by atoms with E-state index in [-0.39, 0.29) is 11.8 Å². The van der Waals surface area contributed by atoms with Crippen molar-refractivity contribution in [2.45, 2.75) is 12.3 Å². The molecule has 96 valence electrons. The molecule has 0 radical (unpaired) electrons. The van der Waals surface area contributed by atoms with Crippen molar-refractivity contribution < 1.29 is 4.79 Å². The maximum absolute atomic E-state index is 12.1. The molecule has 1 amide bonds. The summed E-state index contributed by atoms with van der Waals surface area (Å²) in [5.41, 5.74) is 1.80. The quantitative estimate of drug-likeness (QED) is 0.929. The fourth-order valence-corrected chi connectivity index (χ4v) is 2.40. The van der Waals surface area contributed by atoms with Crippen LogP contribution < -0.4 is 5.32 Å². The summed E-state index contributed by atoms with van der Waals surface area (Å²) >= 11 is 5.99. The summed E-state index contributed by atoms with van der Waals surface area (Å²) < 4.78 is 0. The van der Waals surface area contributed by atoms with E-state index in [1.54, 1.807) is 18.5 Å². The summed E-state index contributed by atoms with van der Waals surface area (Å²) in [5, 5.41) is 3.35. The van der Waals surface area contributed by atoms with Crippen molar-refractivity contribution in [3.63, 3.8) is 0 Å². The molecule has 0 spiro atoms. The number of hydrogen-bond acceptors (Lipinski definition) is 2. The zero-order valence-corrected chi connectivity index (χ0v) is 11.0. The zero-order chi connectivity index (χ0) is 13.2.